The van der Waals surface area contributed by atoms with Crippen LogP contribution < -0.4 is 4.74 Å². The number of likely N-dealkylation sites (tertiary alicyclic amines) is 1. The molecular weight excluding hydrogens is 384 g/mol. The van der Waals surface area contributed by atoms with Gasteiger partial charge >= 0.3 is 0 Å². The maximum absolute atomic E-state index is 13.5. The van der Waals surface area contributed by atoms with E-state index >= 15 is 0 Å². The zero-order valence-electron chi connectivity index (χ0n) is 17.3. The van der Waals surface area contributed by atoms with Crippen LogP contribution >= 0.6 is 0 Å². The number of piperidine rings is 1. The molecule has 4 rings (SSSR count). The number of nitrogens with zero attached hydrogens (tertiary/aromatic N) is 6. The number of aryl methyl sites for hydroxylation is 3. The standard InChI is InChI=1S/C21H24N6O3/c1-13-7-8-17(20-25-15(3)26-30-20)18(24-13)21(28)27-11-5-4-6-16(27)12-29-19-14(2)22-9-10-23-19/h7-10,16H,4-6,11-12H2,1-3H3. The molecule has 0 aliphatic carbocycles. The molecule has 0 radical (unpaired) electrons. The molecule has 3 aromatic rings. The molecular formula is C21H24N6O3. The Hall–Kier alpha value is -3.36. The van der Waals surface area contributed by atoms with Crippen molar-refractivity contribution >= 4 is 5.91 Å². The minimum absolute atomic E-state index is 0.0766. The summed E-state index contributed by atoms with van der Waals surface area (Å²) in [5.41, 5.74) is 2.33. The SMILES string of the molecule is Cc1ccc(-c2nc(C)no2)c(C(=O)N2CCCCC2COc2nccnc2C)n1. The van der Waals surface area contributed by atoms with Crippen molar-refractivity contribution in [3.8, 4) is 17.3 Å². The lowest BCUT2D eigenvalue weighted by Gasteiger charge is -2.35. The van der Waals surface area contributed by atoms with Gasteiger partial charge < -0.3 is 14.2 Å². The summed E-state index contributed by atoms with van der Waals surface area (Å²) in [6.45, 7) is 6.44. The Morgan fingerprint density at radius 3 is 2.77 bits per heavy atom. The summed E-state index contributed by atoms with van der Waals surface area (Å²) in [5.74, 6) is 1.14. The molecule has 9 heteroatoms. The van der Waals surface area contributed by atoms with Gasteiger partial charge in [0.15, 0.2) is 5.82 Å². The number of pyridine rings is 1. The molecule has 1 saturated heterocycles. The van der Waals surface area contributed by atoms with E-state index in [-0.39, 0.29) is 11.9 Å². The Bertz CT molecular complexity index is 1050. The molecule has 1 amide bonds. The van der Waals surface area contributed by atoms with Gasteiger partial charge in [-0.1, -0.05) is 5.16 Å². The van der Waals surface area contributed by atoms with Crippen LogP contribution in [-0.2, 0) is 0 Å². The largest absolute Gasteiger partial charge is 0.474 e. The van der Waals surface area contributed by atoms with Crippen LogP contribution in [-0.4, -0.2) is 55.1 Å². The number of carbonyl (C=O) groups is 1. The first-order chi connectivity index (χ1) is 14.5. The molecule has 0 saturated carbocycles. The van der Waals surface area contributed by atoms with Crippen molar-refractivity contribution < 1.29 is 14.1 Å². The van der Waals surface area contributed by atoms with E-state index in [0.29, 0.717) is 42.0 Å². The lowest BCUT2D eigenvalue weighted by Crippen LogP contribution is -2.47. The number of carbonyl (C=O) groups excluding carboxylic acids is 1. The monoisotopic (exact) mass is 408 g/mol. The quantitative estimate of drug-likeness (QED) is 0.634. The van der Waals surface area contributed by atoms with Crippen molar-refractivity contribution in [3.63, 3.8) is 0 Å². The van der Waals surface area contributed by atoms with Gasteiger partial charge in [0, 0.05) is 24.6 Å². The summed E-state index contributed by atoms with van der Waals surface area (Å²) in [7, 11) is 0. The van der Waals surface area contributed by atoms with Crippen molar-refractivity contribution in [3.05, 3.63) is 47.4 Å². The third-order valence-corrected chi connectivity index (χ3v) is 5.13. The van der Waals surface area contributed by atoms with Crippen LogP contribution in [0.5, 0.6) is 5.88 Å². The lowest BCUT2D eigenvalue weighted by molar-refractivity contribution is 0.0518. The number of aromatic nitrogens is 5. The highest BCUT2D eigenvalue weighted by Crippen LogP contribution is 2.26. The highest BCUT2D eigenvalue weighted by atomic mass is 16.5. The van der Waals surface area contributed by atoms with Crippen LogP contribution in [0.2, 0.25) is 0 Å². The first-order valence-electron chi connectivity index (χ1n) is 10.0. The van der Waals surface area contributed by atoms with Crippen molar-refractivity contribution in [2.24, 2.45) is 0 Å². The predicted molar refractivity (Wildman–Crippen MR) is 108 cm³/mol. The number of hydrogen-bond donors (Lipinski definition) is 0. The van der Waals surface area contributed by atoms with Crippen LogP contribution in [0.1, 0.15) is 47.0 Å². The third-order valence-electron chi connectivity index (χ3n) is 5.13. The Morgan fingerprint density at radius 1 is 1.17 bits per heavy atom. The topological polar surface area (TPSA) is 107 Å². The zero-order valence-corrected chi connectivity index (χ0v) is 17.3. The minimum Gasteiger partial charge on any atom is -0.474 e. The second kappa shape index (κ2) is 8.56. The number of hydrogen-bond acceptors (Lipinski definition) is 8. The van der Waals surface area contributed by atoms with E-state index in [1.54, 1.807) is 25.4 Å². The zero-order chi connectivity index (χ0) is 21.1. The molecule has 1 fully saturated rings. The van der Waals surface area contributed by atoms with E-state index in [2.05, 4.69) is 25.1 Å². The van der Waals surface area contributed by atoms with Crippen molar-refractivity contribution in [2.45, 2.75) is 46.1 Å². The van der Waals surface area contributed by atoms with Gasteiger partial charge in [-0.05, 0) is 52.2 Å². The molecule has 0 aromatic carbocycles. The molecule has 0 N–H and O–H groups in total. The number of amides is 1. The second-order valence-corrected chi connectivity index (χ2v) is 7.40. The summed E-state index contributed by atoms with van der Waals surface area (Å²) >= 11 is 0. The summed E-state index contributed by atoms with van der Waals surface area (Å²) in [4.78, 5) is 32.6. The van der Waals surface area contributed by atoms with Crippen LogP contribution in [0.3, 0.4) is 0 Å². The maximum Gasteiger partial charge on any atom is 0.273 e. The lowest BCUT2D eigenvalue weighted by atomic mass is 10.0. The van der Waals surface area contributed by atoms with E-state index in [0.717, 1.165) is 30.7 Å². The molecule has 1 atom stereocenters. The van der Waals surface area contributed by atoms with E-state index in [9.17, 15) is 4.79 Å². The summed E-state index contributed by atoms with van der Waals surface area (Å²) in [5, 5.41) is 3.84. The summed E-state index contributed by atoms with van der Waals surface area (Å²) in [6.07, 6.45) is 6.05. The minimum atomic E-state index is -0.159. The Morgan fingerprint density at radius 2 is 2.00 bits per heavy atom. The van der Waals surface area contributed by atoms with Crippen molar-refractivity contribution in [1.29, 1.82) is 0 Å². The van der Waals surface area contributed by atoms with Gasteiger partial charge in [0.1, 0.15) is 12.3 Å². The Labute approximate surface area is 174 Å². The average molecular weight is 408 g/mol. The summed E-state index contributed by atoms with van der Waals surface area (Å²) < 4.78 is 11.2. The van der Waals surface area contributed by atoms with Crippen molar-refractivity contribution in [2.75, 3.05) is 13.2 Å². The maximum atomic E-state index is 13.5. The highest BCUT2D eigenvalue weighted by Gasteiger charge is 2.31. The molecule has 1 aliphatic rings. The van der Waals surface area contributed by atoms with E-state index < -0.39 is 0 Å². The molecule has 1 aliphatic heterocycles. The second-order valence-electron chi connectivity index (χ2n) is 7.40. The van der Waals surface area contributed by atoms with Gasteiger partial charge in [-0.15, -0.1) is 0 Å². The fraction of sp³-hybridized carbons (Fsp3) is 0.429. The Kier molecular flexibility index (Phi) is 5.69. The predicted octanol–water partition coefficient (Wildman–Crippen LogP) is 2.92. The van der Waals surface area contributed by atoms with E-state index in [1.165, 1.54) is 0 Å². The van der Waals surface area contributed by atoms with Crippen molar-refractivity contribution in [1.82, 2.24) is 30.0 Å². The fourth-order valence-electron chi connectivity index (χ4n) is 3.59. The normalized spacial score (nSPS) is 16.5. The van der Waals surface area contributed by atoms with Gasteiger partial charge in [-0.3, -0.25) is 9.78 Å². The van der Waals surface area contributed by atoms with Gasteiger partial charge in [-0.25, -0.2) is 9.97 Å². The molecule has 30 heavy (non-hydrogen) atoms. The van der Waals surface area contributed by atoms with E-state index in [4.69, 9.17) is 9.26 Å². The van der Waals surface area contributed by atoms with Gasteiger partial charge in [0.05, 0.1) is 17.3 Å². The molecule has 1 unspecified atom stereocenters. The fourth-order valence-corrected chi connectivity index (χ4v) is 3.59. The average Bonchev–Trinajstić information content (AvgIpc) is 3.19. The van der Waals surface area contributed by atoms with Crippen LogP contribution in [0.4, 0.5) is 0 Å². The molecule has 3 aromatic heterocycles. The van der Waals surface area contributed by atoms with Crippen LogP contribution in [0.15, 0.2) is 29.0 Å². The number of ether oxygens (including phenoxy) is 1. The molecule has 9 nitrogen and oxygen atoms in total. The summed E-state index contributed by atoms with van der Waals surface area (Å²) in [6, 6.07) is 3.56. The van der Waals surface area contributed by atoms with Gasteiger partial charge in [0.25, 0.3) is 11.8 Å². The van der Waals surface area contributed by atoms with Crippen LogP contribution in [0.25, 0.3) is 11.5 Å². The first kappa shape index (κ1) is 19.9. The van der Waals surface area contributed by atoms with Gasteiger partial charge in [-0.2, -0.15) is 4.98 Å². The first-order valence-corrected chi connectivity index (χ1v) is 10.0. The smallest absolute Gasteiger partial charge is 0.273 e. The number of rotatable bonds is 5. The highest BCUT2D eigenvalue weighted by molar-refractivity contribution is 5.98. The molecule has 0 bridgehead atoms. The van der Waals surface area contributed by atoms with Crippen LogP contribution in [0, 0.1) is 20.8 Å². The molecule has 0 spiro atoms. The Balaban J connectivity index is 1.59. The molecule has 4 heterocycles. The van der Waals surface area contributed by atoms with E-state index in [1.807, 2.05) is 24.8 Å². The molecule has 156 valence electrons. The van der Waals surface area contributed by atoms with Gasteiger partial charge in [0.2, 0.25) is 5.88 Å². The third kappa shape index (κ3) is 4.14.